The Morgan fingerprint density at radius 3 is 1.22 bits per heavy atom. The van der Waals surface area contributed by atoms with Gasteiger partial charge < -0.3 is 9.40 Å². The molecule has 7 aromatic rings. The topological polar surface area (TPSA) is 54.7 Å². The lowest BCUT2D eigenvalue weighted by molar-refractivity contribution is 0.667. The molecule has 0 fully saturated rings. The molecule has 2 aliphatic heterocycles. The second-order valence-electron chi connectivity index (χ2n) is 12.1. The van der Waals surface area contributed by atoms with E-state index in [0.717, 1.165) is 96.6 Å². The number of nitrogens with one attached hydrogen (secondary N) is 1. The van der Waals surface area contributed by atoms with Gasteiger partial charge in [0.15, 0.2) is 0 Å². The number of nitrogens with zero attached hydrogens (tertiary/aromatic N) is 2. The molecule has 2 aliphatic rings. The van der Waals surface area contributed by atoms with Gasteiger partial charge in [-0.1, -0.05) is 84.9 Å². The number of hydrogen-bond acceptors (Lipinski definition) is 3. The molecule has 9 rings (SSSR count). The van der Waals surface area contributed by atoms with Crippen LogP contribution in [0.5, 0.6) is 0 Å². The van der Waals surface area contributed by atoms with E-state index in [4.69, 9.17) is 14.4 Å². The molecule has 4 nitrogen and oxygen atoms in total. The van der Waals surface area contributed by atoms with Gasteiger partial charge in [-0.3, -0.25) is 0 Å². The summed E-state index contributed by atoms with van der Waals surface area (Å²) in [5.41, 5.74) is 15.0. The average Bonchev–Trinajstić information content (AvgIpc) is 3.97. The smallest absolute Gasteiger partial charge is 0.137 e. The maximum absolute atomic E-state index is 6.86. The molecule has 50 heavy (non-hydrogen) atoms. The Balaban J connectivity index is 1.49. The first-order valence-electron chi connectivity index (χ1n) is 16.3. The van der Waals surface area contributed by atoms with Crippen LogP contribution in [0.2, 0.25) is 0 Å². The van der Waals surface area contributed by atoms with Crippen LogP contribution in [0.4, 0.5) is 0 Å². The van der Waals surface area contributed by atoms with Gasteiger partial charge in [0.1, 0.15) is 11.2 Å². The third-order valence-electron chi connectivity index (χ3n) is 8.98. The van der Waals surface area contributed by atoms with Gasteiger partial charge in [-0.2, -0.15) is 0 Å². The molecule has 0 amide bonds. The van der Waals surface area contributed by atoms with Crippen LogP contribution in [-0.4, -0.2) is 15.0 Å². The highest BCUT2D eigenvalue weighted by Gasteiger charge is 2.19. The van der Waals surface area contributed by atoms with E-state index in [-0.39, 0.29) is 0 Å². The van der Waals surface area contributed by atoms with Crippen molar-refractivity contribution in [2.24, 2.45) is 0 Å². The number of fused-ring (bicyclic) bond motifs is 8. The Morgan fingerprint density at radius 2 is 0.800 bits per heavy atom. The number of benzene rings is 4. The standard InChI is InChI=1S/C44H27I2N3O/c45-31-15-7-13-29(25-31)41-33-17-18-34(47-33)42(30-14-8-16-32(46)26-30)36-20-22-38(49-36)44(28-11-5-2-6-12-28)40-24-23-39(50-40)43(27-9-3-1-4-10-27)37-21-19-35(41)48-37/h1-26,47H. The molecule has 6 heteroatoms. The summed E-state index contributed by atoms with van der Waals surface area (Å²) in [6.07, 6.45) is 8.44. The number of halogens is 2. The van der Waals surface area contributed by atoms with E-state index >= 15 is 0 Å². The number of hydrogen-bond donors (Lipinski definition) is 1. The quantitative estimate of drug-likeness (QED) is 0.179. The van der Waals surface area contributed by atoms with Gasteiger partial charge >= 0.3 is 0 Å². The number of aromatic amines is 1. The van der Waals surface area contributed by atoms with Crippen molar-refractivity contribution in [1.29, 1.82) is 0 Å². The molecule has 0 unspecified atom stereocenters. The first-order chi connectivity index (χ1) is 24.6. The summed E-state index contributed by atoms with van der Waals surface area (Å²) in [7, 11) is 0. The number of aromatic nitrogens is 3. The molecule has 0 atom stereocenters. The molecule has 0 saturated heterocycles. The fraction of sp³-hybridized carbons (Fsp3) is 0. The van der Waals surface area contributed by atoms with Crippen molar-refractivity contribution in [2.45, 2.75) is 0 Å². The largest absolute Gasteiger partial charge is 0.456 e. The fourth-order valence-corrected chi connectivity index (χ4v) is 7.87. The molecule has 0 aliphatic carbocycles. The summed E-state index contributed by atoms with van der Waals surface area (Å²) in [5.74, 6) is 0. The van der Waals surface area contributed by atoms with Gasteiger partial charge in [0.25, 0.3) is 0 Å². The number of furan rings is 1. The summed E-state index contributed by atoms with van der Waals surface area (Å²) >= 11 is 4.76. The monoisotopic (exact) mass is 867 g/mol. The van der Waals surface area contributed by atoms with Gasteiger partial charge in [0.2, 0.25) is 0 Å². The van der Waals surface area contributed by atoms with E-state index in [1.54, 1.807) is 0 Å². The Hall–Kier alpha value is -5.06. The van der Waals surface area contributed by atoms with Crippen molar-refractivity contribution in [3.8, 4) is 44.5 Å². The zero-order chi connectivity index (χ0) is 33.6. The average molecular weight is 868 g/mol. The Labute approximate surface area is 316 Å². The Kier molecular flexibility index (Phi) is 8.05. The molecule has 3 aromatic heterocycles. The van der Waals surface area contributed by atoms with E-state index in [2.05, 4.69) is 196 Å². The highest BCUT2D eigenvalue weighted by Crippen LogP contribution is 2.39. The highest BCUT2D eigenvalue weighted by atomic mass is 127. The molecule has 0 spiro atoms. The van der Waals surface area contributed by atoms with E-state index in [0.29, 0.717) is 0 Å². The molecule has 0 radical (unpaired) electrons. The molecular formula is C44H27I2N3O. The van der Waals surface area contributed by atoms with E-state index in [9.17, 15) is 0 Å². The van der Waals surface area contributed by atoms with Crippen molar-refractivity contribution >= 4 is 91.7 Å². The second-order valence-corrected chi connectivity index (χ2v) is 14.6. The predicted octanol–water partition coefficient (Wildman–Crippen LogP) is 12.8. The van der Waals surface area contributed by atoms with Gasteiger partial charge in [0, 0.05) is 29.3 Å². The first-order valence-corrected chi connectivity index (χ1v) is 18.4. The summed E-state index contributed by atoms with van der Waals surface area (Å²) in [6.45, 7) is 0. The van der Waals surface area contributed by atoms with E-state index in [1.165, 1.54) is 0 Å². The summed E-state index contributed by atoms with van der Waals surface area (Å²) in [6, 6.07) is 46.3. The Morgan fingerprint density at radius 1 is 0.400 bits per heavy atom. The van der Waals surface area contributed by atoms with Crippen molar-refractivity contribution in [1.82, 2.24) is 15.0 Å². The van der Waals surface area contributed by atoms with Crippen LogP contribution in [0.3, 0.4) is 0 Å². The molecule has 0 saturated carbocycles. The minimum atomic E-state index is 0.743. The Bertz CT molecular complexity index is 2490. The summed E-state index contributed by atoms with van der Waals surface area (Å²) in [5, 5.41) is 0. The molecule has 238 valence electrons. The lowest BCUT2D eigenvalue weighted by Gasteiger charge is -2.07. The molecule has 4 aromatic carbocycles. The van der Waals surface area contributed by atoms with Crippen LogP contribution in [0.1, 0.15) is 22.8 Å². The molecular weight excluding hydrogens is 840 g/mol. The van der Waals surface area contributed by atoms with Gasteiger partial charge in [-0.05, 0) is 140 Å². The molecule has 5 heterocycles. The summed E-state index contributed by atoms with van der Waals surface area (Å²) in [4.78, 5) is 14.5. The lowest BCUT2D eigenvalue weighted by atomic mass is 10.0. The number of H-pyrrole nitrogens is 1. The fourth-order valence-electron chi connectivity index (χ4n) is 6.79. The van der Waals surface area contributed by atoms with Gasteiger partial charge in [-0.25, -0.2) is 9.97 Å². The molecule has 8 bridgehead atoms. The van der Waals surface area contributed by atoms with E-state index in [1.807, 2.05) is 12.1 Å². The van der Waals surface area contributed by atoms with E-state index < -0.39 is 0 Å². The summed E-state index contributed by atoms with van der Waals surface area (Å²) < 4.78 is 9.17. The van der Waals surface area contributed by atoms with Crippen LogP contribution in [0, 0.1) is 7.14 Å². The SMILES string of the molecule is Ic1cccc(-c2c3nc(c(-c4ccccc4)c4ccc(o4)c(-c4ccccc4)c4nc(c(-c5cccc(I)c5)c5ccc2[nH]5)C=C4)C=C3)c1. The highest BCUT2D eigenvalue weighted by molar-refractivity contribution is 14.1. The van der Waals surface area contributed by atoms with Crippen molar-refractivity contribution in [3.63, 3.8) is 0 Å². The maximum atomic E-state index is 6.86. The zero-order valence-corrected chi connectivity index (χ0v) is 30.9. The van der Waals surface area contributed by atoms with Crippen molar-refractivity contribution < 1.29 is 4.42 Å². The third-order valence-corrected chi connectivity index (χ3v) is 10.3. The van der Waals surface area contributed by atoms with Crippen LogP contribution in [0.15, 0.2) is 138 Å². The van der Waals surface area contributed by atoms with Crippen LogP contribution in [-0.2, 0) is 0 Å². The van der Waals surface area contributed by atoms with Crippen LogP contribution >= 0.6 is 45.2 Å². The second kappa shape index (κ2) is 13.0. The van der Waals surface area contributed by atoms with Gasteiger partial charge in [0.05, 0.1) is 33.9 Å². The third kappa shape index (κ3) is 5.72. The predicted molar refractivity (Wildman–Crippen MR) is 224 cm³/mol. The van der Waals surface area contributed by atoms with Crippen molar-refractivity contribution in [2.75, 3.05) is 0 Å². The van der Waals surface area contributed by atoms with Crippen LogP contribution in [0.25, 0.3) is 91.0 Å². The zero-order valence-electron chi connectivity index (χ0n) is 26.6. The lowest BCUT2D eigenvalue weighted by Crippen LogP contribution is -1.89. The van der Waals surface area contributed by atoms with Gasteiger partial charge in [-0.15, -0.1) is 0 Å². The first kappa shape index (κ1) is 31.0. The maximum Gasteiger partial charge on any atom is 0.137 e. The molecule has 1 N–H and O–H groups in total. The minimum Gasteiger partial charge on any atom is -0.456 e. The van der Waals surface area contributed by atoms with Crippen molar-refractivity contribution in [3.05, 3.63) is 163 Å². The normalized spacial score (nSPS) is 12.0. The minimum absolute atomic E-state index is 0.743. The van der Waals surface area contributed by atoms with Crippen LogP contribution < -0.4 is 0 Å². The number of rotatable bonds is 4.